The molecule has 0 aliphatic carbocycles. The molecule has 21 heavy (non-hydrogen) atoms. The Morgan fingerprint density at radius 3 is 2.62 bits per heavy atom. The third-order valence-corrected chi connectivity index (χ3v) is 2.85. The van der Waals surface area contributed by atoms with Crippen LogP contribution in [0.4, 0.5) is 10.5 Å². The number of hydrogen-bond acceptors (Lipinski definition) is 3. The maximum Gasteiger partial charge on any atom is 0.326 e. The maximum atomic E-state index is 11.8. The van der Waals surface area contributed by atoms with E-state index in [1.807, 2.05) is 6.92 Å². The summed E-state index contributed by atoms with van der Waals surface area (Å²) < 4.78 is 0. The number of primary amides is 1. The standard InChI is InChI=1S/C14H19N3O4/c1-2-3-7-11(13(19)20)17-14(21)16-10-6-4-5-9(8-10)12(15)18/h4-6,8,11H,2-3,7H2,1H3,(H2,15,18)(H,19,20)(H2,16,17,21). The second-order valence-electron chi connectivity index (χ2n) is 4.58. The van der Waals surface area contributed by atoms with Crippen molar-refractivity contribution >= 4 is 23.6 Å². The van der Waals surface area contributed by atoms with E-state index in [1.54, 1.807) is 12.1 Å². The fraction of sp³-hybridized carbons (Fsp3) is 0.357. The van der Waals surface area contributed by atoms with Crippen LogP contribution in [-0.4, -0.2) is 29.1 Å². The van der Waals surface area contributed by atoms with Gasteiger partial charge in [-0.3, -0.25) is 4.79 Å². The van der Waals surface area contributed by atoms with Crippen molar-refractivity contribution in [2.75, 3.05) is 5.32 Å². The van der Waals surface area contributed by atoms with Crippen molar-refractivity contribution in [1.82, 2.24) is 5.32 Å². The average molecular weight is 293 g/mol. The highest BCUT2D eigenvalue weighted by Crippen LogP contribution is 2.10. The van der Waals surface area contributed by atoms with E-state index in [2.05, 4.69) is 10.6 Å². The number of aliphatic carboxylic acids is 1. The number of anilines is 1. The van der Waals surface area contributed by atoms with Crippen molar-refractivity contribution in [3.8, 4) is 0 Å². The van der Waals surface area contributed by atoms with Gasteiger partial charge < -0.3 is 21.5 Å². The molecular weight excluding hydrogens is 274 g/mol. The predicted octanol–water partition coefficient (Wildman–Crippen LogP) is 1.55. The molecule has 0 radical (unpaired) electrons. The molecule has 114 valence electrons. The third-order valence-electron chi connectivity index (χ3n) is 2.85. The van der Waals surface area contributed by atoms with E-state index in [1.165, 1.54) is 12.1 Å². The number of amides is 3. The molecule has 0 saturated carbocycles. The zero-order valence-electron chi connectivity index (χ0n) is 11.8. The normalized spacial score (nSPS) is 11.5. The number of carbonyl (C=O) groups is 3. The highest BCUT2D eigenvalue weighted by atomic mass is 16.4. The molecule has 1 rings (SSSR count). The summed E-state index contributed by atoms with van der Waals surface area (Å²) in [4.78, 5) is 33.8. The van der Waals surface area contributed by atoms with Crippen LogP contribution in [-0.2, 0) is 4.79 Å². The zero-order valence-corrected chi connectivity index (χ0v) is 11.8. The smallest absolute Gasteiger partial charge is 0.326 e. The molecule has 0 spiro atoms. The summed E-state index contributed by atoms with van der Waals surface area (Å²) in [7, 11) is 0. The van der Waals surface area contributed by atoms with Crippen LogP contribution in [0.2, 0.25) is 0 Å². The minimum atomic E-state index is -1.08. The molecule has 7 heteroatoms. The Balaban J connectivity index is 2.65. The highest BCUT2D eigenvalue weighted by molar-refractivity contribution is 5.96. The summed E-state index contributed by atoms with van der Waals surface area (Å²) in [6, 6.07) is 4.51. The number of hydrogen-bond donors (Lipinski definition) is 4. The Kier molecular flexibility index (Phi) is 6.19. The molecule has 0 aliphatic rings. The predicted molar refractivity (Wildman–Crippen MR) is 78.1 cm³/mol. The second kappa shape index (κ2) is 7.88. The van der Waals surface area contributed by atoms with Gasteiger partial charge in [0.2, 0.25) is 5.91 Å². The number of benzene rings is 1. The van der Waals surface area contributed by atoms with Crippen LogP contribution in [0, 0.1) is 0 Å². The lowest BCUT2D eigenvalue weighted by Crippen LogP contribution is -2.43. The molecule has 3 amide bonds. The summed E-state index contributed by atoms with van der Waals surface area (Å²) in [6.45, 7) is 1.94. The number of nitrogens with two attached hydrogens (primary N) is 1. The largest absolute Gasteiger partial charge is 0.480 e. The molecule has 1 aromatic carbocycles. The lowest BCUT2D eigenvalue weighted by molar-refractivity contribution is -0.139. The SMILES string of the molecule is CCCCC(NC(=O)Nc1cccc(C(N)=O)c1)C(=O)O. The molecule has 1 unspecified atom stereocenters. The molecule has 1 atom stereocenters. The Labute approximate surface area is 122 Å². The Morgan fingerprint density at radius 1 is 1.33 bits per heavy atom. The Morgan fingerprint density at radius 2 is 2.05 bits per heavy atom. The van der Waals surface area contributed by atoms with Gasteiger partial charge in [-0.05, 0) is 24.6 Å². The van der Waals surface area contributed by atoms with E-state index in [4.69, 9.17) is 10.8 Å². The molecule has 0 fully saturated rings. The number of urea groups is 1. The monoisotopic (exact) mass is 293 g/mol. The minimum Gasteiger partial charge on any atom is -0.480 e. The van der Waals surface area contributed by atoms with Crippen LogP contribution in [0.3, 0.4) is 0 Å². The van der Waals surface area contributed by atoms with Gasteiger partial charge in [-0.1, -0.05) is 25.8 Å². The van der Waals surface area contributed by atoms with Gasteiger partial charge >= 0.3 is 12.0 Å². The van der Waals surface area contributed by atoms with Crippen LogP contribution in [0.1, 0.15) is 36.5 Å². The van der Waals surface area contributed by atoms with Crippen molar-refractivity contribution in [2.24, 2.45) is 5.73 Å². The molecule has 0 aromatic heterocycles. The number of carboxylic acids is 1. The second-order valence-corrected chi connectivity index (χ2v) is 4.58. The van der Waals surface area contributed by atoms with Crippen molar-refractivity contribution in [3.63, 3.8) is 0 Å². The third kappa shape index (κ3) is 5.52. The first-order chi connectivity index (χ1) is 9.93. The van der Waals surface area contributed by atoms with E-state index in [-0.39, 0.29) is 5.56 Å². The lowest BCUT2D eigenvalue weighted by atomic mass is 10.1. The number of carbonyl (C=O) groups excluding carboxylic acids is 2. The Bertz CT molecular complexity index is 531. The van der Waals surface area contributed by atoms with Crippen LogP contribution in [0.25, 0.3) is 0 Å². The lowest BCUT2D eigenvalue weighted by Gasteiger charge is -2.15. The molecule has 7 nitrogen and oxygen atoms in total. The first-order valence-corrected chi connectivity index (χ1v) is 6.64. The zero-order chi connectivity index (χ0) is 15.8. The fourth-order valence-electron chi connectivity index (χ4n) is 1.74. The number of rotatable bonds is 7. The molecular formula is C14H19N3O4. The summed E-state index contributed by atoms with van der Waals surface area (Å²) in [5, 5.41) is 13.9. The van der Waals surface area contributed by atoms with Gasteiger partial charge in [0.05, 0.1) is 0 Å². The van der Waals surface area contributed by atoms with E-state index >= 15 is 0 Å². The van der Waals surface area contributed by atoms with E-state index < -0.39 is 23.9 Å². The fourth-order valence-corrected chi connectivity index (χ4v) is 1.74. The van der Waals surface area contributed by atoms with Gasteiger partial charge in [0.1, 0.15) is 6.04 Å². The van der Waals surface area contributed by atoms with Gasteiger partial charge in [-0.15, -0.1) is 0 Å². The van der Waals surface area contributed by atoms with Crippen LogP contribution >= 0.6 is 0 Å². The summed E-state index contributed by atoms with van der Waals surface area (Å²) in [5.74, 6) is -1.69. The first-order valence-electron chi connectivity index (χ1n) is 6.64. The number of unbranched alkanes of at least 4 members (excludes halogenated alkanes) is 1. The number of nitrogens with one attached hydrogen (secondary N) is 2. The van der Waals surface area contributed by atoms with Gasteiger partial charge in [0, 0.05) is 11.3 Å². The summed E-state index contributed by atoms with van der Waals surface area (Å²) in [6.07, 6.45) is 1.91. The number of carboxylic acid groups (broad SMARTS) is 1. The molecule has 0 bridgehead atoms. The molecule has 1 aromatic rings. The Hall–Kier alpha value is -2.57. The minimum absolute atomic E-state index is 0.258. The van der Waals surface area contributed by atoms with Crippen molar-refractivity contribution < 1.29 is 19.5 Å². The molecule has 0 aliphatic heterocycles. The molecule has 0 saturated heterocycles. The maximum absolute atomic E-state index is 11.8. The first kappa shape index (κ1) is 16.5. The average Bonchev–Trinajstić information content (AvgIpc) is 2.43. The van der Waals surface area contributed by atoms with Crippen molar-refractivity contribution in [2.45, 2.75) is 32.2 Å². The van der Waals surface area contributed by atoms with E-state index in [0.717, 1.165) is 6.42 Å². The molecule has 0 heterocycles. The van der Waals surface area contributed by atoms with Crippen molar-refractivity contribution in [1.29, 1.82) is 0 Å². The van der Waals surface area contributed by atoms with Gasteiger partial charge in [-0.25, -0.2) is 9.59 Å². The quantitative estimate of drug-likeness (QED) is 0.609. The summed E-state index contributed by atoms with van der Waals surface area (Å²) >= 11 is 0. The van der Waals surface area contributed by atoms with Gasteiger partial charge in [-0.2, -0.15) is 0 Å². The van der Waals surface area contributed by atoms with Crippen LogP contribution < -0.4 is 16.4 Å². The van der Waals surface area contributed by atoms with Gasteiger partial charge in [0.15, 0.2) is 0 Å². The van der Waals surface area contributed by atoms with E-state index in [0.29, 0.717) is 18.5 Å². The molecule has 5 N–H and O–H groups in total. The van der Waals surface area contributed by atoms with Gasteiger partial charge in [0.25, 0.3) is 0 Å². The van der Waals surface area contributed by atoms with Crippen molar-refractivity contribution in [3.05, 3.63) is 29.8 Å². The summed E-state index contributed by atoms with van der Waals surface area (Å²) in [5.41, 5.74) is 5.77. The van der Waals surface area contributed by atoms with Crippen LogP contribution in [0.5, 0.6) is 0 Å². The van der Waals surface area contributed by atoms with Crippen LogP contribution in [0.15, 0.2) is 24.3 Å². The van der Waals surface area contributed by atoms with E-state index in [9.17, 15) is 14.4 Å². The highest BCUT2D eigenvalue weighted by Gasteiger charge is 2.19. The topological polar surface area (TPSA) is 122 Å².